The predicted octanol–water partition coefficient (Wildman–Crippen LogP) is 14.4. The molecule has 1 atom stereocenters. The number of rotatable bonds is 8. The Hall–Kier alpha value is -6.85. The van der Waals surface area contributed by atoms with Crippen LogP contribution in [0.1, 0.15) is 79.8 Å². The lowest BCUT2D eigenvalue weighted by molar-refractivity contribution is 0.661. The van der Waals surface area contributed by atoms with Gasteiger partial charge in [-0.2, -0.15) is 0 Å². The lowest BCUT2D eigenvalue weighted by Crippen LogP contribution is -2.14. The molecule has 0 N–H and O–H groups in total. The van der Waals surface area contributed by atoms with Crippen LogP contribution in [0.4, 0.5) is 0 Å². The highest BCUT2D eigenvalue weighted by atomic mass is 16.3. The molecule has 0 fully saturated rings. The molecule has 1 aliphatic carbocycles. The molecule has 0 saturated carbocycles. The van der Waals surface area contributed by atoms with Crippen molar-refractivity contribution in [3.8, 4) is 22.3 Å². The van der Waals surface area contributed by atoms with Crippen molar-refractivity contribution in [2.45, 2.75) is 65.5 Å². The fraction of sp³-hybridized carbons (Fsp3) is 0.182. The monoisotopic (exact) mass is 780 g/mol. The molecule has 0 bridgehead atoms. The van der Waals surface area contributed by atoms with E-state index in [-0.39, 0.29) is 11.3 Å². The van der Waals surface area contributed by atoms with E-state index < -0.39 is 0 Å². The van der Waals surface area contributed by atoms with E-state index in [0.29, 0.717) is 18.3 Å². The average molecular weight is 781 g/mol. The van der Waals surface area contributed by atoms with Crippen LogP contribution in [0.5, 0.6) is 0 Å². The Balaban J connectivity index is 1.19. The third-order valence-electron chi connectivity index (χ3n) is 12.8. The molecular weight excluding hydrogens is 733 g/mol. The number of furan rings is 1. The largest absolute Gasteiger partial charge is 0.456 e. The van der Waals surface area contributed by atoms with Crippen LogP contribution in [0.2, 0.25) is 0 Å². The molecule has 0 spiro atoms. The van der Waals surface area contributed by atoms with Crippen molar-refractivity contribution in [3.63, 3.8) is 0 Å². The van der Waals surface area contributed by atoms with Gasteiger partial charge in [0.05, 0.1) is 11.0 Å². The van der Waals surface area contributed by atoms with E-state index in [2.05, 4.69) is 178 Å². The summed E-state index contributed by atoms with van der Waals surface area (Å²) in [5.41, 5.74) is 15.8. The zero-order chi connectivity index (χ0) is 41.1. The second-order valence-corrected chi connectivity index (χ2v) is 16.8. The Morgan fingerprint density at radius 1 is 0.650 bits per heavy atom. The lowest BCUT2D eigenvalue weighted by atomic mass is 9.82. The van der Waals surface area contributed by atoms with Crippen LogP contribution < -0.4 is 0 Å². The topological polar surface area (TPSA) is 55.1 Å². The number of aromatic nitrogens is 1. The van der Waals surface area contributed by atoms with Gasteiger partial charge in [-0.25, -0.2) is 15.0 Å². The van der Waals surface area contributed by atoms with Gasteiger partial charge in [0.2, 0.25) is 0 Å². The standard InChI is InChI=1S/C55H48N4O/c1-7-17-35(3)52-42(37-19-9-8-18-34(37)2)23-16-24-43(52)54(56-6)58-53(36-28-29-41-40-22-12-15-27-50(40)60-51(41)30-36)57-33-59-48-26-14-11-21-39(48)45-31-47-44(32-49(45)59)38-20-10-13-25-46(38)55(47,4)5/h8-16,18-32,35H,6-7,17,33H2,1-5H3/b57-53-,58-54?. The third kappa shape index (κ3) is 6.02. The van der Waals surface area contributed by atoms with E-state index in [9.17, 15) is 0 Å². The minimum atomic E-state index is -0.100. The first-order valence-electron chi connectivity index (χ1n) is 21.1. The minimum absolute atomic E-state index is 0.100. The van der Waals surface area contributed by atoms with Crippen molar-refractivity contribution >= 4 is 62.1 Å². The van der Waals surface area contributed by atoms with Gasteiger partial charge >= 0.3 is 0 Å². The predicted molar refractivity (Wildman–Crippen MR) is 253 cm³/mol. The summed E-state index contributed by atoms with van der Waals surface area (Å²) in [5, 5.41) is 4.58. The summed E-state index contributed by atoms with van der Waals surface area (Å²) in [7, 11) is 0. The zero-order valence-electron chi connectivity index (χ0n) is 35.0. The van der Waals surface area contributed by atoms with E-state index in [4.69, 9.17) is 14.4 Å². The summed E-state index contributed by atoms with van der Waals surface area (Å²) in [6.07, 6.45) is 2.09. The minimum Gasteiger partial charge on any atom is -0.456 e. The highest BCUT2D eigenvalue weighted by Crippen LogP contribution is 2.50. The Morgan fingerprint density at radius 2 is 1.37 bits per heavy atom. The van der Waals surface area contributed by atoms with Gasteiger partial charge in [-0.15, -0.1) is 0 Å². The first-order valence-corrected chi connectivity index (χ1v) is 21.1. The Labute approximate surface area is 351 Å². The summed E-state index contributed by atoms with van der Waals surface area (Å²) in [4.78, 5) is 15.5. The summed E-state index contributed by atoms with van der Waals surface area (Å²) in [5.74, 6) is 1.37. The SMILES string of the molecule is C=NC(=N/C(=N\Cn1c2ccccc2c2cc3c(cc21)-c1ccccc1C3(C)C)c1ccc2c(c1)oc1ccccc12)c1cccc(-c2ccccc2C)c1C(C)CCC. The van der Waals surface area contributed by atoms with Gasteiger partial charge in [0.1, 0.15) is 17.8 Å². The normalized spacial score (nSPS) is 14.3. The number of amidine groups is 2. The number of para-hydroxylation sites is 2. The third-order valence-corrected chi connectivity index (χ3v) is 12.8. The van der Waals surface area contributed by atoms with Crippen LogP contribution in [-0.4, -0.2) is 23.0 Å². The summed E-state index contributed by atoms with van der Waals surface area (Å²) >= 11 is 0. The molecule has 0 radical (unpaired) electrons. The van der Waals surface area contributed by atoms with Crippen LogP contribution in [0.15, 0.2) is 165 Å². The maximum Gasteiger partial charge on any atom is 0.161 e. The van der Waals surface area contributed by atoms with Crippen LogP contribution in [0.3, 0.4) is 0 Å². The first kappa shape index (κ1) is 37.4. The Bertz CT molecular complexity index is 3230. The van der Waals surface area contributed by atoms with Gasteiger partial charge in [-0.1, -0.05) is 143 Å². The molecule has 5 heteroatoms. The van der Waals surface area contributed by atoms with Crippen molar-refractivity contribution < 1.29 is 4.42 Å². The van der Waals surface area contributed by atoms with E-state index in [1.54, 1.807) is 0 Å². The number of aryl methyl sites for hydroxylation is 1. The first-order chi connectivity index (χ1) is 29.3. The molecule has 0 amide bonds. The molecule has 1 aliphatic rings. The number of hydrogen-bond donors (Lipinski definition) is 0. The van der Waals surface area contributed by atoms with Crippen LogP contribution in [0.25, 0.3) is 66.0 Å². The maximum atomic E-state index is 6.42. The zero-order valence-corrected chi connectivity index (χ0v) is 35.0. The Kier molecular flexibility index (Phi) is 9.21. The number of benzene rings is 7. The highest BCUT2D eigenvalue weighted by molar-refractivity contribution is 6.16. The van der Waals surface area contributed by atoms with E-state index in [0.717, 1.165) is 56.9 Å². The number of aliphatic imine (C=N–C) groups is 3. The second kappa shape index (κ2) is 14.8. The lowest BCUT2D eigenvalue weighted by Gasteiger charge is -2.21. The molecular formula is C55H48N4O. The van der Waals surface area contributed by atoms with E-state index >= 15 is 0 Å². The molecule has 5 nitrogen and oxygen atoms in total. The molecule has 7 aromatic carbocycles. The fourth-order valence-electron chi connectivity index (χ4n) is 9.85. The number of fused-ring (bicyclic) bond motifs is 9. The molecule has 2 heterocycles. The van der Waals surface area contributed by atoms with Crippen LogP contribution in [-0.2, 0) is 12.1 Å². The summed E-state index contributed by atoms with van der Waals surface area (Å²) in [6, 6.07) is 51.9. The van der Waals surface area contributed by atoms with Gasteiger partial charge < -0.3 is 8.98 Å². The van der Waals surface area contributed by atoms with Crippen molar-refractivity contribution in [1.29, 1.82) is 0 Å². The van der Waals surface area contributed by atoms with Gasteiger partial charge in [0.15, 0.2) is 11.7 Å². The molecule has 60 heavy (non-hydrogen) atoms. The summed E-state index contributed by atoms with van der Waals surface area (Å²) in [6.45, 7) is 15.9. The quantitative estimate of drug-likeness (QED) is 0.112. The molecule has 0 saturated heterocycles. The van der Waals surface area contributed by atoms with Crippen molar-refractivity contribution in [1.82, 2.24) is 4.57 Å². The highest BCUT2D eigenvalue weighted by Gasteiger charge is 2.36. The Morgan fingerprint density at radius 3 is 2.18 bits per heavy atom. The second-order valence-electron chi connectivity index (χ2n) is 16.8. The molecule has 9 aromatic rings. The number of nitrogens with zero attached hydrogens (tertiary/aromatic N) is 4. The van der Waals surface area contributed by atoms with Gasteiger partial charge in [0, 0.05) is 38.1 Å². The average Bonchev–Trinajstić information content (AvgIpc) is 3.87. The fourth-order valence-corrected chi connectivity index (χ4v) is 9.85. The molecule has 0 aliphatic heterocycles. The summed E-state index contributed by atoms with van der Waals surface area (Å²) < 4.78 is 8.76. The van der Waals surface area contributed by atoms with Crippen molar-refractivity contribution in [2.24, 2.45) is 15.0 Å². The van der Waals surface area contributed by atoms with E-state index in [1.165, 1.54) is 55.3 Å². The van der Waals surface area contributed by atoms with Crippen LogP contribution >= 0.6 is 0 Å². The van der Waals surface area contributed by atoms with Gasteiger partial charge in [-0.3, -0.25) is 0 Å². The van der Waals surface area contributed by atoms with Crippen molar-refractivity contribution in [2.75, 3.05) is 0 Å². The molecule has 10 rings (SSSR count). The molecule has 294 valence electrons. The smallest absolute Gasteiger partial charge is 0.161 e. The maximum absolute atomic E-state index is 6.42. The van der Waals surface area contributed by atoms with Gasteiger partial charge in [0.25, 0.3) is 0 Å². The molecule has 2 aromatic heterocycles. The molecule has 1 unspecified atom stereocenters. The van der Waals surface area contributed by atoms with Crippen LogP contribution in [0, 0.1) is 6.92 Å². The number of hydrogen-bond acceptors (Lipinski definition) is 2. The van der Waals surface area contributed by atoms with Gasteiger partial charge in [-0.05, 0) is 107 Å². The van der Waals surface area contributed by atoms with Crippen molar-refractivity contribution in [3.05, 3.63) is 179 Å². The van der Waals surface area contributed by atoms with E-state index in [1.807, 2.05) is 18.2 Å².